The van der Waals surface area contributed by atoms with Gasteiger partial charge >= 0.3 is 0 Å². The molecule has 3 heteroatoms. The standard InChI is InChI=1S/C12H18N2O/c1-2-7-14-8-3-4-10(12(14)15)9-13-11-5-6-11/h3-4,8,11,13H,2,5-7,9H2,1H3. The number of aryl methyl sites for hydroxylation is 1. The monoisotopic (exact) mass is 206 g/mol. The predicted molar refractivity (Wildman–Crippen MR) is 60.9 cm³/mol. The third-order valence-electron chi connectivity index (χ3n) is 2.72. The predicted octanol–water partition coefficient (Wildman–Crippen LogP) is 1.51. The molecule has 1 aromatic rings. The Balaban J connectivity index is 2.08. The van der Waals surface area contributed by atoms with E-state index in [2.05, 4.69) is 12.2 Å². The minimum Gasteiger partial charge on any atom is -0.315 e. The fourth-order valence-electron chi connectivity index (χ4n) is 1.68. The molecule has 1 N–H and O–H groups in total. The fraction of sp³-hybridized carbons (Fsp3) is 0.583. The van der Waals surface area contributed by atoms with E-state index in [9.17, 15) is 4.79 Å². The van der Waals surface area contributed by atoms with Crippen molar-refractivity contribution < 1.29 is 0 Å². The summed E-state index contributed by atoms with van der Waals surface area (Å²) in [4.78, 5) is 11.9. The zero-order valence-electron chi connectivity index (χ0n) is 9.20. The van der Waals surface area contributed by atoms with Gasteiger partial charge in [-0.25, -0.2) is 0 Å². The molecule has 0 aromatic carbocycles. The lowest BCUT2D eigenvalue weighted by Crippen LogP contribution is -2.27. The van der Waals surface area contributed by atoms with Gasteiger partial charge in [0.15, 0.2) is 0 Å². The van der Waals surface area contributed by atoms with Crippen molar-refractivity contribution in [3.63, 3.8) is 0 Å². The lowest BCUT2D eigenvalue weighted by molar-refractivity contribution is 0.627. The third kappa shape index (κ3) is 2.69. The van der Waals surface area contributed by atoms with Crippen molar-refractivity contribution in [1.29, 1.82) is 0 Å². The summed E-state index contributed by atoms with van der Waals surface area (Å²) in [6, 6.07) is 4.54. The first-order chi connectivity index (χ1) is 7.31. The van der Waals surface area contributed by atoms with E-state index in [0.29, 0.717) is 12.6 Å². The zero-order valence-corrected chi connectivity index (χ0v) is 9.20. The van der Waals surface area contributed by atoms with Crippen LogP contribution in [0.15, 0.2) is 23.1 Å². The molecule has 1 saturated carbocycles. The summed E-state index contributed by atoms with van der Waals surface area (Å²) in [5, 5.41) is 3.37. The number of aromatic nitrogens is 1. The molecule has 0 amide bonds. The van der Waals surface area contributed by atoms with Gasteiger partial charge in [0.05, 0.1) is 0 Å². The highest BCUT2D eigenvalue weighted by molar-refractivity contribution is 5.10. The lowest BCUT2D eigenvalue weighted by atomic mass is 10.2. The topological polar surface area (TPSA) is 34.0 Å². The van der Waals surface area contributed by atoms with Gasteiger partial charge in [0.1, 0.15) is 0 Å². The van der Waals surface area contributed by atoms with Crippen LogP contribution in [0.1, 0.15) is 31.7 Å². The Morgan fingerprint density at radius 1 is 1.53 bits per heavy atom. The summed E-state index contributed by atoms with van der Waals surface area (Å²) in [6.45, 7) is 3.62. The summed E-state index contributed by atoms with van der Waals surface area (Å²) in [5.74, 6) is 0. The molecule has 1 fully saturated rings. The van der Waals surface area contributed by atoms with Crippen molar-refractivity contribution in [2.45, 2.75) is 45.3 Å². The Bertz CT molecular complexity index is 379. The van der Waals surface area contributed by atoms with E-state index >= 15 is 0 Å². The van der Waals surface area contributed by atoms with Crippen molar-refractivity contribution in [3.8, 4) is 0 Å². The first-order valence-electron chi connectivity index (χ1n) is 5.73. The van der Waals surface area contributed by atoms with E-state index in [0.717, 1.165) is 18.5 Å². The highest BCUT2D eigenvalue weighted by Gasteiger charge is 2.20. The molecular weight excluding hydrogens is 188 g/mol. The number of nitrogens with one attached hydrogen (secondary N) is 1. The van der Waals surface area contributed by atoms with Crippen LogP contribution in [0, 0.1) is 0 Å². The van der Waals surface area contributed by atoms with Crippen molar-refractivity contribution in [2.24, 2.45) is 0 Å². The van der Waals surface area contributed by atoms with E-state index in [4.69, 9.17) is 0 Å². The summed E-state index contributed by atoms with van der Waals surface area (Å²) < 4.78 is 1.80. The van der Waals surface area contributed by atoms with Crippen molar-refractivity contribution >= 4 is 0 Å². The Morgan fingerprint density at radius 2 is 2.33 bits per heavy atom. The van der Waals surface area contributed by atoms with Crippen molar-refractivity contribution in [2.75, 3.05) is 0 Å². The van der Waals surface area contributed by atoms with Crippen LogP contribution in [0.2, 0.25) is 0 Å². The fourth-order valence-corrected chi connectivity index (χ4v) is 1.68. The number of rotatable bonds is 5. The molecule has 0 spiro atoms. The maximum Gasteiger partial charge on any atom is 0.255 e. The number of hydrogen-bond donors (Lipinski definition) is 1. The van der Waals surface area contributed by atoms with Crippen LogP contribution in [0.4, 0.5) is 0 Å². The average molecular weight is 206 g/mol. The number of nitrogens with zero attached hydrogens (tertiary/aromatic N) is 1. The van der Waals surface area contributed by atoms with Gasteiger partial charge in [-0.3, -0.25) is 4.79 Å². The van der Waals surface area contributed by atoms with Crippen LogP contribution in [0.25, 0.3) is 0 Å². The van der Waals surface area contributed by atoms with Gasteiger partial charge in [0.2, 0.25) is 0 Å². The maximum atomic E-state index is 11.9. The second-order valence-corrected chi connectivity index (χ2v) is 4.19. The third-order valence-corrected chi connectivity index (χ3v) is 2.72. The van der Waals surface area contributed by atoms with E-state index in [1.807, 2.05) is 18.3 Å². The van der Waals surface area contributed by atoms with Gasteiger partial charge in [-0.1, -0.05) is 13.0 Å². The van der Waals surface area contributed by atoms with Gasteiger partial charge in [0.25, 0.3) is 5.56 Å². The molecule has 0 radical (unpaired) electrons. The molecule has 0 saturated heterocycles. The number of hydrogen-bond acceptors (Lipinski definition) is 2. The van der Waals surface area contributed by atoms with Crippen LogP contribution in [0.3, 0.4) is 0 Å². The Labute approximate surface area is 90.1 Å². The zero-order chi connectivity index (χ0) is 10.7. The van der Waals surface area contributed by atoms with Gasteiger partial charge in [-0.15, -0.1) is 0 Å². The van der Waals surface area contributed by atoms with Crippen LogP contribution in [-0.2, 0) is 13.1 Å². The van der Waals surface area contributed by atoms with E-state index < -0.39 is 0 Å². The molecule has 1 aliphatic carbocycles. The second kappa shape index (κ2) is 4.62. The van der Waals surface area contributed by atoms with Gasteiger partial charge in [-0.05, 0) is 25.3 Å². The Hall–Kier alpha value is -1.09. The molecule has 0 aliphatic heterocycles. The molecule has 2 rings (SSSR count). The van der Waals surface area contributed by atoms with Crippen LogP contribution in [-0.4, -0.2) is 10.6 Å². The minimum atomic E-state index is 0.160. The highest BCUT2D eigenvalue weighted by atomic mass is 16.1. The molecule has 3 nitrogen and oxygen atoms in total. The quantitative estimate of drug-likeness (QED) is 0.792. The largest absolute Gasteiger partial charge is 0.315 e. The molecule has 0 atom stereocenters. The smallest absolute Gasteiger partial charge is 0.255 e. The summed E-state index contributed by atoms with van der Waals surface area (Å²) in [5.41, 5.74) is 1.05. The second-order valence-electron chi connectivity index (χ2n) is 4.19. The van der Waals surface area contributed by atoms with Crippen molar-refractivity contribution in [1.82, 2.24) is 9.88 Å². The van der Waals surface area contributed by atoms with Gasteiger partial charge in [0, 0.05) is 30.9 Å². The minimum absolute atomic E-state index is 0.160. The molecule has 1 aromatic heterocycles. The Kier molecular flexibility index (Phi) is 3.21. The molecule has 0 bridgehead atoms. The van der Waals surface area contributed by atoms with E-state index in [1.165, 1.54) is 12.8 Å². The highest BCUT2D eigenvalue weighted by Crippen LogP contribution is 2.18. The molecule has 1 aliphatic rings. The molecule has 1 heterocycles. The Morgan fingerprint density at radius 3 is 3.00 bits per heavy atom. The van der Waals surface area contributed by atoms with Crippen LogP contribution in [0.5, 0.6) is 0 Å². The number of pyridine rings is 1. The van der Waals surface area contributed by atoms with E-state index in [-0.39, 0.29) is 5.56 Å². The maximum absolute atomic E-state index is 11.9. The summed E-state index contributed by atoms with van der Waals surface area (Å²) in [7, 11) is 0. The average Bonchev–Trinajstić information content (AvgIpc) is 3.03. The summed E-state index contributed by atoms with van der Waals surface area (Å²) in [6.07, 6.45) is 5.39. The first kappa shape index (κ1) is 10.4. The molecular formula is C12H18N2O. The van der Waals surface area contributed by atoms with Gasteiger partial charge < -0.3 is 9.88 Å². The molecule has 15 heavy (non-hydrogen) atoms. The lowest BCUT2D eigenvalue weighted by Gasteiger charge is -2.07. The normalized spacial score (nSPS) is 15.5. The summed E-state index contributed by atoms with van der Waals surface area (Å²) >= 11 is 0. The molecule has 0 unspecified atom stereocenters. The van der Waals surface area contributed by atoms with Crippen LogP contribution >= 0.6 is 0 Å². The SMILES string of the molecule is CCCn1cccc(CNC2CC2)c1=O. The first-order valence-corrected chi connectivity index (χ1v) is 5.73. The van der Waals surface area contributed by atoms with Gasteiger partial charge in [-0.2, -0.15) is 0 Å². The molecule has 82 valence electrons. The van der Waals surface area contributed by atoms with Crippen molar-refractivity contribution in [3.05, 3.63) is 34.2 Å². The van der Waals surface area contributed by atoms with Crippen LogP contribution < -0.4 is 10.9 Å². The van der Waals surface area contributed by atoms with E-state index in [1.54, 1.807) is 4.57 Å².